The van der Waals surface area contributed by atoms with E-state index >= 15 is 0 Å². The van der Waals surface area contributed by atoms with Crippen molar-refractivity contribution in [1.29, 1.82) is 0 Å². The predicted octanol–water partition coefficient (Wildman–Crippen LogP) is 2.12. The van der Waals surface area contributed by atoms with Gasteiger partial charge in [0.1, 0.15) is 0 Å². The lowest BCUT2D eigenvalue weighted by Crippen LogP contribution is -2.32. The van der Waals surface area contributed by atoms with Crippen molar-refractivity contribution in [3.8, 4) is 0 Å². The largest absolute Gasteiger partial charge is 0.382 e. The van der Waals surface area contributed by atoms with Crippen LogP contribution in [0.3, 0.4) is 0 Å². The summed E-state index contributed by atoms with van der Waals surface area (Å²) in [5, 5.41) is 3.61. The molecule has 1 aromatic heterocycles. The predicted molar refractivity (Wildman–Crippen MR) is 95.7 cm³/mol. The second-order valence-corrected chi connectivity index (χ2v) is 7.94. The van der Waals surface area contributed by atoms with Gasteiger partial charge in [0.15, 0.2) is 5.16 Å². The molecule has 0 radical (unpaired) electrons. The summed E-state index contributed by atoms with van der Waals surface area (Å²) in [5.41, 5.74) is 0.571. The Bertz CT molecular complexity index is 637. The Hall–Kier alpha value is -1.34. The first-order chi connectivity index (χ1) is 11.3. The van der Waals surface area contributed by atoms with Crippen LogP contribution in [0.25, 0.3) is 0 Å². The second-order valence-electron chi connectivity index (χ2n) is 6.95. The molecule has 1 aliphatic rings. The molecule has 7 heteroatoms. The van der Waals surface area contributed by atoms with E-state index in [9.17, 15) is 9.59 Å². The van der Waals surface area contributed by atoms with E-state index in [-0.39, 0.29) is 22.9 Å². The molecule has 2 rings (SSSR count). The lowest BCUT2D eigenvalue weighted by atomic mass is 9.92. The van der Waals surface area contributed by atoms with Gasteiger partial charge in [0.2, 0.25) is 5.91 Å². The van der Waals surface area contributed by atoms with Gasteiger partial charge in [0.05, 0.1) is 11.7 Å². The molecule has 0 aromatic carbocycles. The molecular formula is C17H27N3O3S. The molecule has 1 unspecified atom stereocenters. The van der Waals surface area contributed by atoms with Crippen LogP contribution in [0.2, 0.25) is 0 Å². The molecule has 24 heavy (non-hydrogen) atoms. The van der Waals surface area contributed by atoms with E-state index in [1.54, 1.807) is 22.4 Å². The Morgan fingerprint density at radius 2 is 2.25 bits per heavy atom. The number of ether oxygens (including phenoxy) is 1. The molecule has 0 aliphatic carbocycles. The van der Waals surface area contributed by atoms with Crippen molar-refractivity contribution in [2.24, 2.45) is 0 Å². The van der Waals surface area contributed by atoms with Gasteiger partial charge in [0.25, 0.3) is 5.56 Å². The van der Waals surface area contributed by atoms with Crippen LogP contribution in [0, 0.1) is 0 Å². The minimum absolute atomic E-state index is 0.0308. The molecule has 1 aromatic rings. The van der Waals surface area contributed by atoms with Crippen LogP contribution >= 0.6 is 11.8 Å². The molecule has 0 saturated heterocycles. The van der Waals surface area contributed by atoms with Crippen molar-refractivity contribution in [3.05, 3.63) is 22.1 Å². The number of nitrogens with zero attached hydrogens (tertiary/aromatic N) is 2. The Labute approximate surface area is 147 Å². The summed E-state index contributed by atoms with van der Waals surface area (Å²) >= 11 is 1.55. The highest BCUT2D eigenvalue weighted by Gasteiger charge is 2.29. The van der Waals surface area contributed by atoms with Gasteiger partial charge >= 0.3 is 0 Å². The molecule has 0 spiro atoms. The average Bonchev–Trinajstić information content (AvgIpc) is 2.89. The molecule has 1 N–H and O–H groups in total. The van der Waals surface area contributed by atoms with Crippen LogP contribution in [0.4, 0.5) is 0 Å². The first kappa shape index (κ1) is 19.0. The molecule has 0 bridgehead atoms. The molecule has 1 amide bonds. The third-order valence-electron chi connectivity index (χ3n) is 3.87. The molecule has 134 valence electrons. The third kappa shape index (κ3) is 4.83. The zero-order valence-corrected chi connectivity index (χ0v) is 15.7. The molecule has 6 nitrogen and oxygen atoms in total. The minimum atomic E-state index is -0.161. The Balaban J connectivity index is 1.97. The van der Waals surface area contributed by atoms with E-state index in [2.05, 4.69) is 10.3 Å². The summed E-state index contributed by atoms with van der Waals surface area (Å²) in [6.07, 6.45) is 1.11. The average molecular weight is 353 g/mol. The third-order valence-corrected chi connectivity index (χ3v) is 4.97. The number of carbonyl (C=O) groups is 1. The summed E-state index contributed by atoms with van der Waals surface area (Å²) in [6, 6.07) is 1.48. The maximum absolute atomic E-state index is 12.5. The van der Waals surface area contributed by atoms with E-state index in [1.165, 1.54) is 0 Å². The zero-order valence-electron chi connectivity index (χ0n) is 14.9. The zero-order chi connectivity index (χ0) is 17.7. The van der Waals surface area contributed by atoms with Crippen molar-refractivity contribution < 1.29 is 9.53 Å². The van der Waals surface area contributed by atoms with E-state index in [4.69, 9.17) is 4.74 Å². The summed E-state index contributed by atoms with van der Waals surface area (Å²) < 4.78 is 6.91. The molecule has 2 heterocycles. The highest BCUT2D eigenvalue weighted by atomic mass is 32.2. The van der Waals surface area contributed by atoms with Crippen molar-refractivity contribution in [1.82, 2.24) is 14.9 Å². The standard InChI is InChI=1S/C17H27N3O3S/c1-5-23-8-6-7-18-14(21)9-12-11-24-16-19-13(17(2,3)4)10-15(22)20(12)16/h10,12H,5-9,11H2,1-4H3,(H,18,21). The van der Waals surface area contributed by atoms with Gasteiger partial charge in [-0.3, -0.25) is 14.2 Å². The van der Waals surface area contributed by atoms with Crippen LogP contribution in [0.15, 0.2) is 16.0 Å². The molecule has 0 saturated carbocycles. The number of aromatic nitrogens is 2. The molecule has 1 aliphatic heterocycles. The van der Waals surface area contributed by atoms with E-state index in [1.807, 2.05) is 27.7 Å². The number of rotatable bonds is 7. The van der Waals surface area contributed by atoms with Crippen molar-refractivity contribution in [2.45, 2.75) is 57.1 Å². The fourth-order valence-corrected chi connectivity index (χ4v) is 3.67. The first-order valence-corrected chi connectivity index (χ1v) is 9.42. The highest BCUT2D eigenvalue weighted by molar-refractivity contribution is 7.99. The van der Waals surface area contributed by atoms with Gasteiger partial charge in [-0.25, -0.2) is 4.98 Å². The van der Waals surface area contributed by atoms with Crippen molar-refractivity contribution >= 4 is 17.7 Å². The fourth-order valence-electron chi connectivity index (χ4n) is 2.52. The van der Waals surface area contributed by atoms with E-state index in [0.717, 1.165) is 17.3 Å². The van der Waals surface area contributed by atoms with Gasteiger partial charge in [-0.05, 0) is 13.3 Å². The van der Waals surface area contributed by atoms with E-state index in [0.29, 0.717) is 31.9 Å². The van der Waals surface area contributed by atoms with Gasteiger partial charge in [0, 0.05) is 43.4 Å². The highest BCUT2D eigenvalue weighted by Crippen LogP contribution is 2.33. The SMILES string of the molecule is CCOCCCNC(=O)CC1CSc2nc(C(C)(C)C)cc(=O)n21. The lowest BCUT2D eigenvalue weighted by molar-refractivity contribution is -0.121. The number of hydrogen-bond donors (Lipinski definition) is 1. The number of amides is 1. The van der Waals surface area contributed by atoms with Crippen molar-refractivity contribution in [3.63, 3.8) is 0 Å². The van der Waals surface area contributed by atoms with Crippen LogP contribution in [-0.2, 0) is 14.9 Å². The summed E-state index contributed by atoms with van der Waals surface area (Å²) in [7, 11) is 0. The summed E-state index contributed by atoms with van der Waals surface area (Å²) in [5.74, 6) is 0.680. The Morgan fingerprint density at radius 3 is 2.92 bits per heavy atom. The second kappa shape index (κ2) is 8.16. The normalized spacial score (nSPS) is 16.9. The number of hydrogen-bond acceptors (Lipinski definition) is 5. The van der Waals surface area contributed by atoms with Gasteiger partial charge < -0.3 is 10.1 Å². The monoisotopic (exact) mass is 353 g/mol. The Kier molecular flexibility index (Phi) is 6.46. The van der Waals surface area contributed by atoms with Gasteiger partial charge in [-0.2, -0.15) is 0 Å². The van der Waals surface area contributed by atoms with Crippen LogP contribution in [0.5, 0.6) is 0 Å². The number of fused-ring (bicyclic) bond motifs is 1. The number of nitrogens with one attached hydrogen (secondary N) is 1. The van der Waals surface area contributed by atoms with Gasteiger partial charge in [-0.15, -0.1) is 0 Å². The first-order valence-electron chi connectivity index (χ1n) is 8.44. The maximum atomic E-state index is 12.5. The topological polar surface area (TPSA) is 73.2 Å². The molecule has 1 atom stereocenters. The maximum Gasteiger partial charge on any atom is 0.254 e. The smallest absolute Gasteiger partial charge is 0.254 e. The Morgan fingerprint density at radius 1 is 1.50 bits per heavy atom. The number of thioether (sulfide) groups is 1. The quantitative estimate of drug-likeness (QED) is 0.600. The van der Waals surface area contributed by atoms with Crippen LogP contribution in [0.1, 0.15) is 52.3 Å². The minimum Gasteiger partial charge on any atom is -0.382 e. The van der Waals surface area contributed by atoms with E-state index < -0.39 is 0 Å². The lowest BCUT2D eigenvalue weighted by Gasteiger charge is -2.19. The summed E-state index contributed by atoms with van der Waals surface area (Å²) in [6.45, 7) is 10.0. The van der Waals surface area contributed by atoms with Crippen LogP contribution in [-0.4, -0.2) is 41.0 Å². The summed E-state index contributed by atoms with van der Waals surface area (Å²) in [4.78, 5) is 29.2. The number of carbonyl (C=O) groups excluding carboxylic acids is 1. The van der Waals surface area contributed by atoms with Crippen molar-refractivity contribution in [2.75, 3.05) is 25.5 Å². The molecular weight excluding hydrogens is 326 g/mol. The molecule has 0 fully saturated rings. The fraction of sp³-hybridized carbons (Fsp3) is 0.706. The van der Waals surface area contributed by atoms with Crippen LogP contribution < -0.4 is 10.9 Å². The van der Waals surface area contributed by atoms with Gasteiger partial charge in [-0.1, -0.05) is 32.5 Å².